The van der Waals surface area contributed by atoms with Crippen LogP contribution in [0.4, 0.5) is 0 Å². The summed E-state index contributed by atoms with van der Waals surface area (Å²) in [6.45, 7) is 2.71. The van der Waals surface area contributed by atoms with Crippen molar-refractivity contribution in [3.63, 3.8) is 0 Å². The van der Waals surface area contributed by atoms with Crippen LogP contribution >= 0.6 is 0 Å². The number of benzene rings is 1. The molecule has 0 bridgehead atoms. The highest BCUT2D eigenvalue weighted by Gasteiger charge is 2.15. The van der Waals surface area contributed by atoms with Crippen molar-refractivity contribution in [2.75, 3.05) is 26.7 Å². The fourth-order valence-electron chi connectivity index (χ4n) is 1.90. The maximum atomic E-state index is 11.5. The van der Waals surface area contributed by atoms with E-state index in [1.165, 1.54) is 7.05 Å². The molecule has 1 heterocycles. The predicted molar refractivity (Wildman–Crippen MR) is 69.2 cm³/mol. The number of hydrogen-bond acceptors (Lipinski definition) is 4. The molecule has 1 aromatic rings. The lowest BCUT2D eigenvalue weighted by molar-refractivity contribution is 0.260. The molecule has 0 saturated carbocycles. The van der Waals surface area contributed by atoms with Crippen molar-refractivity contribution < 1.29 is 13.2 Å². The largest absolute Gasteiger partial charge is 0.493 e. The molecule has 0 radical (unpaired) electrons. The van der Waals surface area contributed by atoms with Gasteiger partial charge in [-0.15, -0.1) is 0 Å². The van der Waals surface area contributed by atoms with Gasteiger partial charge in [-0.1, -0.05) is 0 Å². The van der Waals surface area contributed by atoms with Crippen molar-refractivity contribution >= 4 is 10.0 Å². The van der Waals surface area contributed by atoms with Crippen LogP contribution in [0, 0.1) is 5.92 Å². The molecule has 18 heavy (non-hydrogen) atoms. The smallest absolute Gasteiger partial charge is 0.240 e. The molecule has 5 nitrogen and oxygen atoms in total. The molecule has 0 aromatic heterocycles. The highest BCUT2D eigenvalue weighted by Crippen LogP contribution is 2.17. The zero-order valence-electron chi connectivity index (χ0n) is 10.3. The van der Waals surface area contributed by atoms with Gasteiger partial charge in [0.25, 0.3) is 0 Å². The third-order valence-corrected chi connectivity index (χ3v) is 4.48. The van der Waals surface area contributed by atoms with Crippen molar-refractivity contribution in [1.82, 2.24) is 10.0 Å². The maximum Gasteiger partial charge on any atom is 0.240 e. The minimum atomic E-state index is -3.36. The summed E-state index contributed by atoms with van der Waals surface area (Å²) in [4.78, 5) is 0.250. The maximum absolute atomic E-state index is 11.5. The first-order valence-corrected chi connectivity index (χ1v) is 7.47. The van der Waals surface area contributed by atoms with Crippen LogP contribution < -0.4 is 14.8 Å². The molecule has 1 aliphatic rings. The number of sulfonamides is 1. The first kappa shape index (κ1) is 13.3. The van der Waals surface area contributed by atoms with Crippen LogP contribution in [0.1, 0.15) is 6.42 Å². The van der Waals surface area contributed by atoms with E-state index in [-0.39, 0.29) is 4.90 Å². The van der Waals surface area contributed by atoms with E-state index in [4.69, 9.17) is 4.74 Å². The second-order valence-electron chi connectivity index (χ2n) is 4.35. The molecule has 100 valence electrons. The van der Waals surface area contributed by atoms with E-state index in [0.29, 0.717) is 18.3 Å². The number of hydrogen-bond donors (Lipinski definition) is 2. The fraction of sp³-hybridized carbons (Fsp3) is 0.500. The Morgan fingerprint density at radius 3 is 2.67 bits per heavy atom. The average molecular weight is 270 g/mol. The molecule has 2 rings (SSSR count). The Morgan fingerprint density at radius 2 is 2.11 bits per heavy atom. The molecule has 1 saturated heterocycles. The minimum Gasteiger partial charge on any atom is -0.493 e. The third kappa shape index (κ3) is 3.22. The Kier molecular flexibility index (Phi) is 4.21. The monoisotopic (exact) mass is 270 g/mol. The van der Waals surface area contributed by atoms with Gasteiger partial charge in [-0.2, -0.15) is 0 Å². The standard InChI is InChI=1S/C12H18N2O3S/c1-13-18(15,16)12-4-2-11(3-5-12)17-9-10-6-7-14-8-10/h2-5,10,13-14H,6-9H2,1H3. The molecule has 2 N–H and O–H groups in total. The van der Waals surface area contributed by atoms with Crippen LogP contribution in [0.2, 0.25) is 0 Å². The van der Waals surface area contributed by atoms with Crippen LogP contribution in [-0.2, 0) is 10.0 Å². The molecule has 1 aliphatic heterocycles. The molecule has 0 amide bonds. The predicted octanol–water partition coefficient (Wildman–Crippen LogP) is 0.583. The molecule has 1 fully saturated rings. The topological polar surface area (TPSA) is 67.4 Å². The van der Waals surface area contributed by atoms with Crippen LogP contribution in [0.5, 0.6) is 5.75 Å². The van der Waals surface area contributed by atoms with Crippen molar-refractivity contribution in [3.05, 3.63) is 24.3 Å². The Bertz CT molecular complexity index is 479. The van der Waals surface area contributed by atoms with E-state index in [2.05, 4.69) is 10.0 Å². The molecule has 1 aromatic carbocycles. The Balaban J connectivity index is 1.95. The van der Waals surface area contributed by atoms with E-state index in [1.54, 1.807) is 24.3 Å². The molecular weight excluding hydrogens is 252 g/mol. The van der Waals surface area contributed by atoms with E-state index >= 15 is 0 Å². The van der Waals surface area contributed by atoms with Gasteiger partial charge in [0.15, 0.2) is 0 Å². The summed E-state index contributed by atoms with van der Waals surface area (Å²) >= 11 is 0. The highest BCUT2D eigenvalue weighted by molar-refractivity contribution is 7.89. The molecular formula is C12H18N2O3S. The summed E-state index contributed by atoms with van der Waals surface area (Å²) in [6.07, 6.45) is 1.13. The lowest BCUT2D eigenvalue weighted by Crippen LogP contribution is -2.18. The Hall–Kier alpha value is -1.11. The zero-order valence-corrected chi connectivity index (χ0v) is 11.2. The summed E-state index contributed by atoms with van der Waals surface area (Å²) in [7, 11) is -1.97. The average Bonchev–Trinajstić information content (AvgIpc) is 2.90. The van der Waals surface area contributed by atoms with Gasteiger partial charge in [-0.25, -0.2) is 13.1 Å². The summed E-state index contributed by atoms with van der Waals surface area (Å²) < 4.78 is 31.0. The number of ether oxygens (including phenoxy) is 1. The zero-order chi connectivity index (χ0) is 13.0. The molecule has 1 atom stereocenters. The van der Waals surface area contributed by atoms with Gasteiger partial charge in [0.1, 0.15) is 5.75 Å². The second kappa shape index (κ2) is 5.69. The third-order valence-electron chi connectivity index (χ3n) is 3.05. The second-order valence-corrected chi connectivity index (χ2v) is 6.24. The fourth-order valence-corrected chi connectivity index (χ4v) is 2.63. The molecule has 0 aliphatic carbocycles. The van der Waals surface area contributed by atoms with Crippen molar-refractivity contribution in [1.29, 1.82) is 0 Å². The van der Waals surface area contributed by atoms with Gasteiger partial charge in [-0.05, 0) is 44.3 Å². The summed E-state index contributed by atoms with van der Waals surface area (Å²) in [5.74, 6) is 1.25. The van der Waals surface area contributed by atoms with Crippen molar-refractivity contribution in [2.45, 2.75) is 11.3 Å². The first-order chi connectivity index (χ1) is 8.62. The van der Waals surface area contributed by atoms with Crippen LogP contribution in [0.3, 0.4) is 0 Å². The quantitative estimate of drug-likeness (QED) is 0.821. The highest BCUT2D eigenvalue weighted by atomic mass is 32.2. The van der Waals surface area contributed by atoms with Crippen LogP contribution in [0.15, 0.2) is 29.2 Å². The van der Waals surface area contributed by atoms with Crippen LogP contribution in [0.25, 0.3) is 0 Å². The molecule has 6 heteroatoms. The summed E-state index contributed by atoms with van der Waals surface area (Å²) in [6, 6.07) is 6.47. The lowest BCUT2D eigenvalue weighted by atomic mass is 10.1. The van der Waals surface area contributed by atoms with Gasteiger partial charge < -0.3 is 10.1 Å². The van der Waals surface area contributed by atoms with Gasteiger partial charge in [0, 0.05) is 12.5 Å². The normalized spacial score (nSPS) is 19.9. The summed E-state index contributed by atoms with van der Waals surface area (Å²) in [5.41, 5.74) is 0. The molecule has 0 spiro atoms. The van der Waals surface area contributed by atoms with Crippen molar-refractivity contribution in [2.24, 2.45) is 5.92 Å². The van der Waals surface area contributed by atoms with Gasteiger partial charge >= 0.3 is 0 Å². The number of nitrogens with one attached hydrogen (secondary N) is 2. The Labute approximate surface area is 108 Å². The van der Waals surface area contributed by atoms with E-state index in [9.17, 15) is 8.42 Å². The SMILES string of the molecule is CNS(=O)(=O)c1ccc(OCC2CCNC2)cc1. The Morgan fingerprint density at radius 1 is 1.39 bits per heavy atom. The van der Waals surface area contributed by atoms with E-state index in [0.717, 1.165) is 19.5 Å². The summed E-state index contributed by atoms with van der Waals surface area (Å²) in [5, 5.41) is 3.28. The number of rotatable bonds is 5. The van der Waals surface area contributed by atoms with Crippen molar-refractivity contribution in [3.8, 4) is 5.75 Å². The van der Waals surface area contributed by atoms with E-state index < -0.39 is 10.0 Å². The van der Waals surface area contributed by atoms with Crippen LogP contribution in [-0.4, -0.2) is 35.2 Å². The first-order valence-electron chi connectivity index (χ1n) is 5.99. The lowest BCUT2D eigenvalue weighted by Gasteiger charge is -2.11. The molecule has 1 unspecified atom stereocenters. The van der Waals surface area contributed by atoms with Gasteiger partial charge in [0.05, 0.1) is 11.5 Å². The van der Waals surface area contributed by atoms with Gasteiger partial charge in [-0.3, -0.25) is 0 Å². The minimum absolute atomic E-state index is 0.250. The van der Waals surface area contributed by atoms with E-state index in [1.807, 2.05) is 0 Å². The van der Waals surface area contributed by atoms with Gasteiger partial charge in [0.2, 0.25) is 10.0 Å².